The molecule has 1 aromatic heterocycles. The van der Waals surface area contributed by atoms with Crippen LogP contribution in [0.15, 0.2) is 60.7 Å². The van der Waals surface area contributed by atoms with Crippen molar-refractivity contribution < 1.29 is 0 Å². The van der Waals surface area contributed by atoms with E-state index in [-0.39, 0.29) is 6.04 Å². The number of aromatic nitrogens is 2. The van der Waals surface area contributed by atoms with Gasteiger partial charge in [-0.1, -0.05) is 62.4 Å². The van der Waals surface area contributed by atoms with Gasteiger partial charge < -0.3 is 10.6 Å². The molecule has 1 heterocycles. The van der Waals surface area contributed by atoms with Gasteiger partial charge >= 0.3 is 0 Å². The molecule has 2 N–H and O–H groups in total. The number of hydrogen-bond acceptors (Lipinski definition) is 4. The van der Waals surface area contributed by atoms with Gasteiger partial charge in [0.1, 0.15) is 5.82 Å². The summed E-state index contributed by atoms with van der Waals surface area (Å²) in [4.78, 5) is 9.21. The number of benzene rings is 2. The molecule has 134 valence electrons. The topological polar surface area (TPSA) is 49.8 Å². The number of nitrogens with zero attached hydrogens (tertiary/aromatic N) is 2. The molecule has 0 aliphatic carbocycles. The zero-order chi connectivity index (χ0) is 18.5. The molecular weight excluding hydrogens is 320 g/mol. The first kappa shape index (κ1) is 17.9. The minimum atomic E-state index is 0.168. The summed E-state index contributed by atoms with van der Waals surface area (Å²) in [6.45, 7) is 8.49. The molecule has 3 rings (SSSR count). The standard InChI is InChI=1S/C22H26N4/c1-15(2)19-12-8-9-13-20(19)25-22-23-16(3)14-21(26-22)24-17(4)18-10-6-5-7-11-18/h5-15,17H,1-4H3,(H2,23,24,25,26). The Morgan fingerprint density at radius 1 is 0.846 bits per heavy atom. The number of anilines is 3. The molecule has 0 aliphatic rings. The van der Waals surface area contributed by atoms with E-state index >= 15 is 0 Å². The van der Waals surface area contributed by atoms with E-state index in [0.29, 0.717) is 11.9 Å². The van der Waals surface area contributed by atoms with Crippen molar-refractivity contribution in [2.75, 3.05) is 10.6 Å². The molecule has 3 aromatic rings. The Kier molecular flexibility index (Phi) is 5.52. The fourth-order valence-corrected chi connectivity index (χ4v) is 2.98. The Morgan fingerprint density at radius 2 is 1.54 bits per heavy atom. The van der Waals surface area contributed by atoms with Crippen molar-refractivity contribution in [2.45, 2.75) is 39.7 Å². The Hall–Kier alpha value is -2.88. The molecule has 0 saturated carbocycles. The van der Waals surface area contributed by atoms with Crippen molar-refractivity contribution in [1.29, 1.82) is 0 Å². The van der Waals surface area contributed by atoms with Crippen LogP contribution < -0.4 is 10.6 Å². The summed E-state index contributed by atoms with van der Waals surface area (Å²) in [5.74, 6) is 1.86. The highest BCUT2D eigenvalue weighted by Crippen LogP contribution is 2.26. The predicted molar refractivity (Wildman–Crippen MR) is 109 cm³/mol. The molecule has 4 heteroatoms. The van der Waals surface area contributed by atoms with Gasteiger partial charge in [-0.25, -0.2) is 4.98 Å². The summed E-state index contributed by atoms with van der Waals surface area (Å²) in [6.07, 6.45) is 0. The van der Waals surface area contributed by atoms with Crippen molar-refractivity contribution in [2.24, 2.45) is 0 Å². The molecule has 0 aliphatic heterocycles. The zero-order valence-electron chi connectivity index (χ0n) is 15.8. The van der Waals surface area contributed by atoms with E-state index < -0.39 is 0 Å². The number of nitrogens with one attached hydrogen (secondary N) is 2. The van der Waals surface area contributed by atoms with Gasteiger partial charge in [-0.15, -0.1) is 0 Å². The molecule has 0 amide bonds. The molecule has 0 radical (unpaired) electrons. The van der Waals surface area contributed by atoms with E-state index in [1.54, 1.807) is 0 Å². The van der Waals surface area contributed by atoms with E-state index in [2.05, 4.69) is 83.8 Å². The summed E-state index contributed by atoms with van der Waals surface area (Å²) in [5.41, 5.74) is 4.45. The van der Waals surface area contributed by atoms with Crippen molar-refractivity contribution >= 4 is 17.5 Å². The van der Waals surface area contributed by atoms with Gasteiger partial charge in [0.05, 0.1) is 0 Å². The van der Waals surface area contributed by atoms with E-state index in [1.807, 2.05) is 25.1 Å². The maximum Gasteiger partial charge on any atom is 0.229 e. The second-order valence-corrected chi connectivity index (χ2v) is 6.86. The first-order chi connectivity index (χ1) is 12.5. The van der Waals surface area contributed by atoms with Crippen LogP contribution in [0.3, 0.4) is 0 Å². The molecule has 26 heavy (non-hydrogen) atoms. The monoisotopic (exact) mass is 346 g/mol. The smallest absolute Gasteiger partial charge is 0.229 e. The number of para-hydroxylation sites is 1. The lowest BCUT2D eigenvalue weighted by atomic mass is 10.0. The predicted octanol–water partition coefficient (Wildman–Crippen LogP) is 5.83. The Bertz CT molecular complexity index is 859. The SMILES string of the molecule is Cc1cc(NC(C)c2ccccc2)nc(Nc2ccccc2C(C)C)n1. The van der Waals surface area contributed by atoms with Gasteiger partial charge in [0, 0.05) is 23.5 Å². The molecular formula is C22H26N4. The number of hydrogen-bond donors (Lipinski definition) is 2. The average molecular weight is 346 g/mol. The largest absolute Gasteiger partial charge is 0.363 e. The van der Waals surface area contributed by atoms with Crippen LogP contribution in [0.2, 0.25) is 0 Å². The molecule has 2 aromatic carbocycles. The lowest BCUT2D eigenvalue weighted by Gasteiger charge is -2.17. The van der Waals surface area contributed by atoms with Crippen molar-refractivity contribution in [1.82, 2.24) is 9.97 Å². The number of rotatable bonds is 6. The van der Waals surface area contributed by atoms with Gasteiger partial charge in [0.2, 0.25) is 5.95 Å². The van der Waals surface area contributed by atoms with Crippen molar-refractivity contribution in [3.63, 3.8) is 0 Å². The quantitative estimate of drug-likeness (QED) is 0.590. The number of aryl methyl sites for hydroxylation is 1. The van der Waals surface area contributed by atoms with Gasteiger partial charge in [0.25, 0.3) is 0 Å². The first-order valence-electron chi connectivity index (χ1n) is 9.06. The molecule has 1 atom stereocenters. The lowest BCUT2D eigenvalue weighted by Crippen LogP contribution is -2.10. The second kappa shape index (κ2) is 8.00. The summed E-state index contributed by atoms with van der Waals surface area (Å²) in [5, 5.41) is 6.86. The van der Waals surface area contributed by atoms with Crippen LogP contribution in [0.25, 0.3) is 0 Å². The average Bonchev–Trinajstić information content (AvgIpc) is 2.62. The third-order valence-corrected chi connectivity index (χ3v) is 4.35. The molecule has 0 spiro atoms. The van der Waals surface area contributed by atoms with E-state index in [1.165, 1.54) is 11.1 Å². The Morgan fingerprint density at radius 3 is 2.27 bits per heavy atom. The molecule has 0 bridgehead atoms. The summed E-state index contributed by atoms with van der Waals surface area (Å²) < 4.78 is 0. The normalized spacial score (nSPS) is 12.0. The second-order valence-electron chi connectivity index (χ2n) is 6.86. The van der Waals surface area contributed by atoms with Crippen LogP contribution in [0, 0.1) is 6.92 Å². The van der Waals surface area contributed by atoms with Crippen LogP contribution in [0.4, 0.5) is 17.5 Å². The van der Waals surface area contributed by atoms with E-state index in [0.717, 1.165) is 17.2 Å². The molecule has 0 saturated heterocycles. The summed E-state index contributed by atoms with van der Waals surface area (Å²) >= 11 is 0. The third-order valence-electron chi connectivity index (χ3n) is 4.35. The highest BCUT2D eigenvalue weighted by molar-refractivity contribution is 5.60. The van der Waals surface area contributed by atoms with E-state index in [4.69, 9.17) is 0 Å². The van der Waals surface area contributed by atoms with Crippen LogP contribution >= 0.6 is 0 Å². The fourth-order valence-electron chi connectivity index (χ4n) is 2.98. The molecule has 0 fully saturated rings. The van der Waals surface area contributed by atoms with Crippen LogP contribution in [0.5, 0.6) is 0 Å². The molecule has 4 nitrogen and oxygen atoms in total. The van der Waals surface area contributed by atoms with Gasteiger partial charge in [-0.05, 0) is 37.0 Å². The Labute approximate surface area is 155 Å². The Balaban J connectivity index is 1.82. The zero-order valence-corrected chi connectivity index (χ0v) is 15.8. The van der Waals surface area contributed by atoms with Crippen LogP contribution in [0.1, 0.15) is 49.6 Å². The van der Waals surface area contributed by atoms with Crippen molar-refractivity contribution in [3.05, 3.63) is 77.5 Å². The van der Waals surface area contributed by atoms with Gasteiger partial charge in [0.15, 0.2) is 0 Å². The van der Waals surface area contributed by atoms with Crippen molar-refractivity contribution in [3.8, 4) is 0 Å². The maximum atomic E-state index is 4.66. The van der Waals surface area contributed by atoms with Crippen LogP contribution in [-0.4, -0.2) is 9.97 Å². The lowest BCUT2D eigenvalue weighted by molar-refractivity contribution is 0.865. The molecule has 1 unspecified atom stereocenters. The summed E-state index contributed by atoms with van der Waals surface area (Å²) in [6, 6.07) is 20.8. The van der Waals surface area contributed by atoms with E-state index in [9.17, 15) is 0 Å². The highest BCUT2D eigenvalue weighted by atomic mass is 15.1. The maximum absolute atomic E-state index is 4.66. The van der Waals surface area contributed by atoms with Gasteiger partial charge in [-0.3, -0.25) is 0 Å². The summed E-state index contributed by atoms with van der Waals surface area (Å²) in [7, 11) is 0. The van der Waals surface area contributed by atoms with Crippen LogP contribution in [-0.2, 0) is 0 Å². The first-order valence-corrected chi connectivity index (χ1v) is 9.06. The minimum absolute atomic E-state index is 0.168. The highest BCUT2D eigenvalue weighted by Gasteiger charge is 2.10. The third kappa shape index (κ3) is 4.39. The fraction of sp³-hybridized carbons (Fsp3) is 0.273. The van der Waals surface area contributed by atoms with Gasteiger partial charge in [-0.2, -0.15) is 4.98 Å². The minimum Gasteiger partial charge on any atom is -0.363 e.